The molecule has 1 heterocycles. The number of carbonyl (C=O) groups is 3. The van der Waals surface area contributed by atoms with Crippen molar-refractivity contribution in [2.24, 2.45) is 0 Å². The smallest absolute Gasteiger partial charge is 0.254 e. The Bertz CT molecular complexity index is 932. The van der Waals surface area contributed by atoms with Gasteiger partial charge in [-0.2, -0.15) is 0 Å². The van der Waals surface area contributed by atoms with Crippen molar-refractivity contribution in [1.29, 1.82) is 0 Å². The van der Waals surface area contributed by atoms with Crippen LogP contribution in [0.5, 0.6) is 0 Å². The molecule has 2 aromatic carbocycles. The number of rotatable bonds is 5. The predicted molar refractivity (Wildman–Crippen MR) is 102 cm³/mol. The number of thioether (sulfide) groups is 1. The van der Waals surface area contributed by atoms with E-state index in [1.54, 1.807) is 25.1 Å². The summed E-state index contributed by atoms with van der Waals surface area (Å²) < 4.78 is 27.3. The highest BCUT2D eigenvalue weighted by Crippen LogP contribution is 2.32. The van der Waals surface area contributed by atoms with Crippen LogP contribution >= 0.6 is 11.8 Å². The summed E-state index contributed by atoms with van der Waals surface area (Å²) in [5.41, 5.74) is 0.291. The van der Waals surface area contributed by atoms with Crippen molar-refractivity contribution in [3.63, 3.8) is 0 Å². The van der Waals surface area contributed by atoms with Crippen LogP contribution in [0, 0.1) is 11.6 Å². The number of likely N-dealkylation sites (N-methyl/N-ethyl adjacent to an activating group) is 1. The molecule has 3 amide bonds. The van der Waals surface area contributed by atoms with Crippen LogP contribution < -0.4 is 10.6 Å². The van der Waals surface area contributed by atoms with Gasteiger partial charge in [-0.3, -0.25) is 14.4 Å². The predicted octanol–water partition coefficient (Wildman–Crippen LogP) is 3.11. The van der Waals surface area contributed by atoms with Gasteiger partial charge in [0, 0.05) is 17.0 Å². The molecule has 6 nitrogen and oxygen atoms in total. The van der Waals surface area contributed by atoms with Gasteiger partial charge >= 0.3 is 0 Å². The zero-order valence-corrected chi connectivity index (χ0v) is 15.7. The summed E-state index contributed by atoms with van der Waals surface area (Å²) in [7, 11) is 0. The van der Waals surface area contributed by atoms with Crippen LogP contribution in [0.1, 0.15) is 17.3 Å². The lowest BCUT2D eigenvalue weighted by Gasteiger charge is -2.22. The molecule has 0 saturated carbocycles. The van der Waals surface area contributed by atoms with Crippen molar-refractivity contribution >= 4 is 40.9 Å². The SMILES string of the molecule is CCN(CC(=O)Nc1c(F)cccc1F)C(=O)c1ccc2c(c1)NC(=O)CS2. The van der Waals surface area contributed by atoms with Crippen molar-refractivity contribution in [2.75, 3.05) is 29.5 Å². The molecule has 0 fully saturated rings. The van der Waals surface area contributed by atoms with Gasteiger partial charge in [-0.05, 0) is 37.3 Å². The van der Waals surface area contributed by atoms with Crippen LogP contribution in [0.3, 0.4) is 0 Å². The maximum Gasteiger partial charge on any atom is 0.254 e. The molecule has 0 saturated heterocycles. The number of carbonyl (C=O) groups excluding carboxylic acids is 3. The Labute approximate surface area is 164 Å². The van der Waals surface area contributed by atoms with E-state index < -0.39 is 29.1 Å². The summed E-state index contributed by atoms with van der Waals surface area (Å²) in [5, 5.41) is 4.87. The molecule has 0 spiro atoms. The van der Waals surface area contributed by atoms with Gasteiger partial charge in [-0.15, -0.1) is 11.8 Å². The maximum atomic E-state index is 13.7. The molecular weight excluding hydrogens is 388 g/mol. The highest BCUT2D eigenvalue weighted by molar-refractivity contribution is 8.00. The number of nitrogens with one attached hydrogen (secondary N) is 2. The first kappa shape index (κ1) is 19.8. The quantitative estimate of drug-likeness (QED) is 0.801. The lowest BCUT2D eigenvalue weighted by Crippen LogP contribution is -2.38. The third-order valence-electron chi connectivity index (χ3n) is 4.09. The zero-order valence-electron chi connectivity index (χ0n) is 14.9. The van der Waals surface area contributed by atoms with Gasteiger partial charge in [0.1, 0.15) is 23.9 Å². The molecule has 0 unspecified atom stereocenters. The van der Waals surface area contributed by atoms with Crippen molar-refractivity contribution in [3.8, 4) is 0 Å². The normalized spacial score (nSPS) is 12.8. The lowest BCUT2D eigenvalue weighted by molar-refractivity contribution is -0.117. The molecule has 1 aliphatic rings. The number of anilines is 2. The molecule has 0 atom stereocenters. The minimum atomic E-state index is -0.898. The molecule has 0 aliphatic carbocycles. The first-order chi connectivity index (χ1) is 13.4. The third-order valence-corrected chi connectivity index (χ3v) is 5.16. The van der Waals surface area contributed by atoms with Crippen LogP contribution in [0.2, 0.25) is 0 Å². The average molecular weight is 405 g/mol. The standard InChI is InChI=1S/C19H17F2N3O3S/c1-2-24(9-16(25)23-18-12(20)4-3-5-13(18)21)19(27)11-6-7-15-14(8-11)22-17(26)10-28-15/h3-8H,2,9-10H2,1H3,(H,22,26)(H,23,25). The number of fused-ring (bicyclic) bond motifs is 1. The van der Waals surface area contributed by atoms with Crippen molar-refractivity contribution in [2.45, 2.75) is 11.8 Å². The highest BCUT2D eigenvalue weighted by Gasteiger charge is 2.22. The molecule has 3 rings (SSSR count). The Kier molecular flexibility index (Phi) is 5.93. The Morgan fingerprint density at radius 2 is 1.93 bits per heavy atom. The fourth-order valence-corrected chi connectivity index (χ4v) is 3.48. The van der Waals surface area contributed by atoms with E-state index in [-0.39, 0.29) is 19.0 Å². The molecule has 0 radical (unpaired) electrons. The maximum absolute atomic E-state index is 13.7. The lowest BCUT2D eigenvalue weighted by atomic mass is 10.1. The molecule has 146 valence electrons. The van der Waals surface area contributed by atoms with Gasteiger partial charge in [0.25, 0.3) is 5.91 Å². The average Bonchev–Trinajstić information content (AvgIpc) is 2.68. The minimum Gasteiger partial charge on any atom is -0.330 e. The zero-order chi connectivity index (χ0) is 20.3. The van der Waals surface area contributed by atoms with Crippen LogP contribution in [0.25, 0.3) is 0 Å². The molecule has 28 heavy (non-hydrogen) atoms. The van der Waals surface area contributed by atoms with E-state index in [1.807, 2.05) is 0 Å². The molecule has 1 aliphatic heterocycles. The molecule has 0 aromatic heterocycles. The number of benzene rings is 2. The first-order valence-electron chi connectivity index (χ1n) is 8.49. The molecule has 0 bridgehead atoms. The van der Waals surface area contributed by atoms with Gasteiger partial charge in [0.05, 0.1) is 11.4 Å². The van der Waals surface area contributed by atoms with Gasteiger partial charge < -0.3 is 15.5 Å². The fourth-order valence-electron chi connectivity index (χ4n) is 2.70. The third kappa shape index (κ3) is 4.30. The highest BCUT2D eigenvalue weighted by atomic mass is 32.2. The van der Waals surface area contributed by atoms with E-state index in [0.29, 0.717) is 17.0 Å². The van der Waals surface area contributed by atoms with E-state index in [4.69, 9.17) is 0 Å². The molecular formula is C19H17F2N3O3S. The number of hydrogen-bond acceptors (Lipinski definition) is 4. The summed E-state index contributed by atoms with van der Waals surface area (Å²) in [6.45, 7) is 1.52. The summed E-state index contributed by atoms with van der Waals surface area (Å²) in [6, 6.07) is 8.15. The van der Waals surface area contributed by atoms with Gasteiger partial charge in [-0.25, -0.2) is 8.78 Å². The van der Waals surface area contributed by atoms with Crippen LogP contribution in [-0.4, -0.2) is 41.5 Å². The number of hydrogen-bond donors (Lipinski definition) is 2. The Morgan fingerprint density at radius 1 is 1.21 bits per heavy atom. The summed E-state index contributed by atoms with van der Waals surface area (Å²) in [4.78, 5) is 38.6. The Balaban J connectivity index is 1.72. The number of nitrogens with zero attached hydrogens (tertiary/aromatic N) is 1. The van der Waals surface area contributed by atoms with Crippen LogP contribution in [-0.2, 0) is 9.59 Å². The summed E-state index contributed by atoms with van der Waals surface area (Å²) in [6.07, 6.45) is 0. The van der Waals surface area contributed by atoms with Crippen LogP contribution in [0.4, 0.5) is 20.2 Å². The van der Waals surface area contributed by atoms with E-state index >= 15 is 0 Å². The number of para-hydroxylation sites is 1. The van der Waals surface area contributed by atoms with Gasteiger partial charge in [0.2, 0.25) is 11.8 Å². The number of halogens is 2. The second kappa shape index (κ2) is 8.39. The second-order valence-electron chi connectivity index (χ2n) is 6.01. The van der Waals surface area contributed by atoms with Crippen molar-refractivity contribution in [1.82, 2.24) is 4.90 Å². The van der Waals surface area contributed by atoms with E-state index in [1.165, 1.54) is 22.7 Å². The van der Waals surface area contributed by atoms with Gasteiger partial charge in [0.15, 0.2) is 0 Å². The van der Waals surface area contributed by atoms with Gasteiger partial charge in [-0.1, -0.05) is 6.07 Å². The minimum absolute atomic E-state index is 0.152. The second-order valence-corrected chi connectivity index (χ2v) is 7.03. The number of amides is 3. The van der Waals surface area contributed by atoms with Crippen LogP contribution in [0.15, 0.2) is 41.3 Å². The Morgan fingerprint density at radius 3 is 2.61 bits per heavy atom. The van der Waals surface area contributed by atoms with E-state index in [9.17, 15) is 23.2 Å². The van der Waals surface area contributed by atoms with Crippen molar-refractivity contribution in [3.05, 3.63) is 53.6 Å². The monoisotopic (exact) mass is 405 g/mol. The van der Waals surface area contributed by atoms with E-state index in [0.717, 1.165) is 17.0 Å². The largest absolute Gasteiger partial charge is 0.330 e. The van der Waals surface area contributed by atoms with Crippen molar-refractivity contribution < 1.29 is 23.2 Å². The Hall–Kier alpha value is -2.94. The fraction of sp³-hybridized carbons (Fsp3) is 0.211. The summed E-state index contributed by atoms with van der Waals surface area (Å²) >= 11 is 1.37. The molecule has 9 heteroatoms. The molecule has 2 N–H and O–H groups in total. The topological polar surface area (TPSA) is 78.5 Å². The molecule has 2 aromatic rings. The first-order valence-corrected chi connectivity index (χ1v) is 9.47. The van der Waals surface area contributed by atoms with E-state index in [2.05, 4.69) is 10.6 Å². The summed E-state index contributed by atoms with van der Waals surface area (Å²) in [5.74, 6) is -2.79.